The second kappa shape index (κ2) is 4.88. The van der Waals surface area contributed by atoms with Crippen LogP contribution in [-0.4, -0.2) is 22.1 Å². The molecule has 19 heavy (non-hydrogen) atoms. The zero-order chi connectivity index (χ0) is 13.2. The summed E-state index contributed by atoms with van der Waals surface area (Å²) in [4.78, 5) is 12.3. The largest absolute Gasteiger partial charge is 0.385 e. The van der Waals surface area contributed by atoms with Crippen LogP contribution >= 0.6 is 0 Å². The van der Waals surface area contributed by atoms with Gasteiger partial charge in [0.15, 0.2) is 5.78 Å². The number of nitrogens with zero attached hydrogens (tertiary/aromatic N) is 2. The fraction of sp³-hybridized carbons (Fsp3) is 0.333. The van der Waals surface area contributed by atoms with Crippen molar-refractivity contribution in [3.05, 3.63) is 47.3 Å². The van der Waals surface area contributed by atoms with Gasteiger partial charge in [-0.05, 0) is 42.2 Å². The number of anilines is 1. The minimum absolute atomic E-state index is 0.154. The maximum atomic E-state index is 12.3. The summed E-state index contributed by atoms with van der Waals surface area (Å²) in [7, 11) is 1.86. The summed E-state index contributed by atoms with van der Waals surface area (Å²) in [6, 6.07) is 5.96. The van der Waals surface area contributed by atoms with Gasteiger partial charge in [-0.25, -0.2) is 0 Å². The predicted octanol–water partition coefficient (Wildman–Crippen LogP) is 2.20. The van der Waals surface area contributed by atoms with Crippen molar-refractivity contribution in [3.8, 4) is 0 Å². The molecule has 1 aromatic heterocycles. The highest BCUT2D eigenvalue weighted by Gasteiger charge is 2.13. The first-order valence-electron chi connectivity index (χ1n) is 6.60. The lowest BCUT2D eigenvalue weighted by Gasteiger charge is -2.18. The Bertz CT molecular complexity index is 616. The minimum atomic E-state index is 0.154. The lowest BCUT2D eigenvalue weighted by atomic mass is 9.97. The second-order valence-electron chi connectivity index (χ2n) is 5.02. The average molecular weight is 255 g/mol. The normalized spacial score (nSPS) is 13.7. The first-order chi connectivity index (χ1) is 9.22. The molecule has 2 aromatic rings. The van der Waals surface area contributed by atoms with E-state index in [1.807, 2.05) is 31.4 Å². The maximum Gasteiger partial charge on any atom is 0.167 e. The molecule has 0 radical (unpaired) electrons. The maximum absolute atomic E-state index is 12.3. The Balaban J connectivity index is 1.80. The molecule has 2 heterocycles. The Morgan fingerprint density at radius 3 is 3.16 bits per heavy atom. The number of aryl methyl sites for hydroxylation is 2. The van der Waals surface area contributed by atoms with E-state index >= 15 is 0 Å². The van der Waals surface area contributed by atoms with Crippen LogP contribution in [0.3, 0.4) is 0 Å². The Labute approximate surface area is 112 Å². The summed E-state index contributed by atoms with van der Waals surface area (Å²) in [5, 5.41) is 7.45. The van der Waals surface area contributed by atoms with Crippen molar-refractivity contribution in [2.75, 3.05) is 11.9 Å². The lowest BCUT2D eigenvalue weighted by molar-refractivity contribution is 0.0993. The van der Waals surface area contributed by atoms with Crippen LogP contribution in [0.5, 0.6) is 0 Å². The van der Waals surface area contributed by atoms with Crippen LogP contribution < -0.4 is 5.32 Å². The quantitative estimate of drug-likeness (QED) is 0.855. The van der Waals surface area contributed by atoms with Crippen molar-refractivity contribution in [3.63, 3.8) is 0 Å². The van der Waals surface area contributed by atoms with Crippen LogP contribution in [0.4, 0.5) is 5.69 Å². The van der Waals surface area contributed by atoms with E-state index in [0.717, 1.165) is 30.5 Å². The molecule has 1 aromatic carbocycles. The van der Waals surface area contributed by atoms with Crippen LogP contribution in [0.1, 0.15) is 27.9 Å². The number of carbonyl (C=O) groups is 1. The molecule has 98 valence electrons. The van der Waals surface area contributed by atoms with Gasteiger partial charge in [-0.1, -0.05) is 0 Å². The van der Waals surface area contributed by atoms with Gasteiger partial charge in [0, 0.05) is 37.5 Å². The zero-order valence-corrected chi connectivity index (χ0v) is 11.0. The highest BCUT2D eigenvalue weighted by atomic mass is 16.1. The summed E-state index contributed by atoms with van der Waals surface area (Å²) < 4.78 is 1.72. The zero-order valence-electron chi connectivity index (χ0n) is 11.0. The van der Waals surface area contributed by atoms with Crippen LogP contribution in [0.2, 0.25) is 0 Å². The number of rotatable bonds is 3. The molecule has 0 amide bonds. The lowest BCUT2D eigenvalue weighted by Crippen LogP contribution is -2.13. The van der Waals surface area contributed by atoms with Crippen molar-refractivity contribution in [1.29, 1.82) is 0 Å². The van der Waals surface area contributed by atoms with E-state index in [0.29, 0.717) is 6.42 Å². The van der Waals surface area contributed by atoms with E-state index < -0.39 is 0 Å². The first-order valence-corrected chi connectivity index (χ1v) is 6.60. The molecule has 4 nitrogen and oxygen atoms in total. The topological polar surface area (TPSA) is 46.9 Å². The van der Waals surface area contributed by atoms with Crippen molar-refractivity contribution in [2.45, 2.75) is 19.3 Å². The molecule has 3 rings (SSSR count). The third kappa shape index (κ3) is 2.52. The third-order valence-corrected chi connectivity index (χ3v) is 3.49. The van der Waals surface area contributed by atoms with Gasteiger partial charge < -0.3 is 5.32 Å². The Morgan fingerprint density at radius 2 is 2.37 bits per heavy atom. The van der Waals surface area contributed by atoms with Gasteiger partial charge >= 0.3 is 0 Å². The molecule has 0 aliphatic carbocycles. The number of aromatic nitrogens is 2. The van der Waals surface area contributed by atoms with Gasteiger partial charge in [0.2, 0.25) is 0 Å². The van der Waals surface area contributed by atoms with Crippen molar-refractivity contribution < 1.29 is 4.79 Å². The van der Waals surface area contributed by atoms with Crippen molar-refractivity contribution in [2.24, 2.45) is 7.05 Å². The number of carbonyl (C=O) groups excluding carboxylic acids is 1. The monoisotopic (exact) mass is 255 g/mol. The van der Waals surface area contributed by atoms with E-state index in [4.69, 9.17) is 0 Å². The van der Waals surface area contributed by atoms with Gasteiger partial charge in [-0.3, -0.25) is 9.48 Å². The Morgan fingerprint density at radius 1 is 1.47 bits per heavy atom. The molecule has 0 spiro atoms. The number of hydrogen-bond donors (Lipinski definition) is 1. The van der Waals surface area contributed by atoms with Crippen LogP contribution in [0.25, 0.3) is 0 Å². The number of Topliss-reactive ketones (excluding diaryl/α,β-unsaturated/α-hetero) is 1. The SMILES string of the molecule is Cn1cc(CC(=O)c2ccc3c(c2)CCCN3)cn1. The fourth-order valence-electron chi connectivity index (χ4n) is 2.50. The number of nitrogens with one attached hydrogen (secondary N) is 1. The summed E-state index contributed by atoms with van der Waals surface area (Å²) in [6.45, 7) is 1.02. The Kier molecular flexibility index (Phi) is 3.07. The Hall–Kier alpha value is -2.10. The molecular weight excluding hydrogens is 238 g/mol. The van der Waals surface area contributed by atoms with E-state index in [1.54, 1.807) is 10.9 Å². The van der Waals surface area contributed by atoms with Crippen molar-refractivity contribution >= 4 is 11.5 Å². The standard InChI is InChI=1S/C15H17N3O/c1-18-10-11(9-17-18)7-15(19)13-4-5-14-12(8-13)3-2-6-16-14/h4-5,8-10,16H,2-3,6-7H2,1H3. The van der Waals surface area contributed by atoms with Gasteiger partial charge in [-0.2, -0.15) is 5.10 Å². The molecule has 0 saturated heterocycles. The summed E-state index contributed by atoms with van der Waals surface area (Å²) in [5.41, 5.74) is 4.18. The van der Waals surface area contributed by atoms with Gasteiger partial charge in [-0.15, -0.1) is 0 Å². The summed E-state index contributed by atoms with van der Waals surface area (Å²) in [6.07, 6.45) is 6.24. The van der Waals surface area contributed by atoms with Crippen LogP contribution in [0.15, 0.2) is 30.6 Å². The fourth-order valence-corrected chi connectivity index (χ4v) is 2.50. The summed E-state index contributed by atoms with van der Waals surface area (Å²) in [5.74, 6) is 0.154. The number of ketones is 1. The first kappa shape index (κ1) is 12.0. The van der Waals surface area contributed by atoms with E-state index in [-0.39, 0.29) is 5.78 Å². The third-order valence-electron chi connectivity index (χ3n) is 3.49. The van der Waals surface area contributed by atoms with E-state index in [2.05, 4.69) is 10.4 Å². The smallest absolute Gasteiger partial charge is 0.167 e. The van der Waals surface area contributed by atoms with Crippen LogP contribution in [-0.2, 0) is 19.9 Å². The van der Waals surface area contributed by atoms with Gasteiger partial charge in [0.1, 0.15) is 0 Å². The number of hydrogen-bond acceptors (Lipinski definition) is 3. The molecule has 0 bridgehead atoms. The van der Waals surface area contributed by atoms with Crippen molar-refractivity contribution in [1.82, 2.24) is 9.78 Å². The number of fused-ring (bicyclic) bond motifs is 1. The van der Waals surface area contributed by atoms with E-state index in [1.165, 1.54) is 11.3 Å². The number of benzene rings is 1. The molecule has 0 saturated carbocycles. The highest BCUT2D eigenvalue weighted by Crippen LogP contribution is 2.23. The minimum Gasteiger partial charge on any atom is -0.385 e. The second-order valence-corrected chi connectivity index (χ2v) is 5.02. The van der Waals surface area contributed by atoms with Crippen LogP contribution in [0, 0.1) is 0 Å². The highest BCUT2D eigenvalue weighted by molar-refractivity contribution is 5.98. The molecule has 0 fully saturated rings. The molecule has 4 heteroatoms. The summed E-state index contributed by atoms with van der Waals surface area (Å²) >= 11 is 0. The van der Waals surface area contributed by atoms with Gasteiger partial charge in [0.05, 0.1) is 6.20 Å². The molecule has 1 aliphatic rings. The molecule has 0 unspecified atom stereocenters. The molecule has 1 aliphatic heterocycles. The average Bonchev–Trinajstić information content (AvgIpc) is 2.83. The predicted molar refractivity (Wildman–Crippen MR) is 74.5 cm³/mol. The molecule has 0 atom stereocenters. The van der Waals surface area contributed by atoms with E-state index in [9.17, 15) is 4.79 Å². The van der Waals surface area contributed by atoms with Gasteiger partial charge in [0.25, 0.3) is 0 Å². The molecular formula is C15H17N3O. The molecule has 1 N–H and O–H groups in total.